The maximum atomic E-state index is 12.3. The van der Waals surface area contributed by atoms with Gasteiger partial charge in [-0.15, -0.1) is 0 Å². The third kappa shape index (κ3) is 8.76. The van der Waals surface area contributed by atoms with Crippen molar-refractivity contribution in [3.63, 3.8) is 0 Å². The highest BCUT2D eigenvalue weighted by Crippen LogP contribution is 2.28. The van der Waals surface area contributed by atoms with Gasteiger partial charge in [-0.2, -0.15) is 0 Å². The first kappa shape index (κ1) is 21.7. The van der Waals surface area contributed by atoms with Gasteiger partial charge in [0.05, 0.1) is 18.6 Å². The van der Waals surface area contributed by atoms with Gasteiger partial charge in [0, 0.05) is 18.6 Å². The minimum Gasteiger partial charge on any atom is -0.466 e. The van der Waals surface area contributed by atoms with Crippen LogP contribution >= 0.6 is 11.6 Å². The summed E-state index contributed by atoms with van der Waals surface area (Å²) in [4.78, 5) is 22.9. The summed E-state index contributed by atoms with van der Waals surface area (Å²) in [6.07, 6.45) is 7.67. The number of rotatable bonds is 10. The number of halogens is 1. The second-order valence-corrected chi connectivity index (χ2v) is 7.41. The van der Waals surface area contributed by atoms with Gasteiger partial charge in [0.1, 0.15) is 5.75 Å². The zero-order valence-corrected chi connectivity index (χ0v) is 16.7. The van der Waals surface area contributed by atoms with E-state index < -0.39 is 0 Å². The van der Waals surface area contributed by atoms with Crippen molar-refractivity contribution in [3.05, 3.63) is 29.3 Å². The van der Waals surface area contributed by atoms with E-state index in [4.69, 9.17) is 25.8 Å². The summed E-state index contributed by atoms with van der Waals surface area (Å²) in [6, 6.07) is 6.85. The molecule has 1 fully saturated rings. The summed E-state index contributed by atoms with van der Waals surface area (Å²) < 4.78 is 16.3. The highest BCUT2D eigenvalue weighted by Gasteiger charge is 2.28. The minimum absolute atomic E-state index is 0.0539. The Morgan fingerprint density at radius 1 is 0.963 bits per heavy atom. The smallest absolute Gasteiger partial charge is 0.314 e. The first-order valence-corrected chi connectivity index (χ1v) is 10.1. The molecule has 27 heavy (non-hydrogen) atoms. The van der Waals surface area contributed by atoms with Gasteiger partial charge in [-0.05, 0) is 69.2 Å². The fourth-order valence-corrected chi connectivity index (χ4v) is 3.32. The Morgan fingerprint density at radius 3 is 2.22 bits per heavy atom. The third-order valence-corrected chi connectivity index (χ3v) is 4.99. The second-order valence-electron chi connectivity index (χ2n) is 6.97. The SMILES string of the molecule is CC(=O)OCCCCCCOC1CCC(C(=O)Oc2ccc(Cl)cc2)CC1. The molecule has 1 saturated carbocycles. The molecule has 0 aromatic heterocycles. The molecular formula is C21H29ClO5. The van der Waals surface area contributed by atoms with Crippen molar-refractivity contribution in [3.8, 4) is 5.75 Å². The molecule has 0 saturated heterocycles. The number of esters is 2. The molecule has 5 nitrogen and oxygen atoms in total. The van der Waals surface area contributed by atoms with Gasteiger partial charge in [-0.1, -0.05) is 18.0 Å². The molecule has 1 aromatic rings. The molecule has 1 aliphatic carbocycles. The van der Waals surface area contributed by atoms with E-state index in [0.717, 1.165) is 58.0 Å². The Bertz CT molecular complexity index is 579. The van der Waals surface area contributed by atoms with Crippen molar-refractivity contribution < 1.29 is 23.8 Å². The summed E-state index contributed by atoms with van der Waals surface area (Å²) in [5.41, 5.74) is 0. The lowest BCUT2D eigenvalue weighted by molar-refractivity contribution is -0.142. The van der Waals surface area contributed by atoms with Crippen molar-refractivity contribution in [2.75, 3.05) is 13.2 Å². The highest BCUT2D eigenvalue weighted by molar-refractivity contribution is 6.30. The Hall–Kier alpha value is -1.59. The Balaban J connectivity index is 1.53. The maximum absolute atomic E-state index is 12.3. The molecule has 0 N–H and O–H groups in total. The molecule has 6 heteroatoms. The zero-order chi connectivity index (χ0) is 19.5. The molecule has 0 spiro atoms. The predicted octanol–water partition coefficient (Wildman–Crippen LogP) is 4.94. The monoisotopic (exact) mass is 396 g/mol. The first-order valence-electron chi connectivity index (χ1n) is 9.77. The van der Waals surface area contributed by atoms with E-state index in [1.54, 1.807) is 24.3 Å². The molecule has 0 unspecified atom stereocenters. The van der Waals surface area contributed by atoms with Crippen LogP contribution in [0.25, 0.3) is 0 Å². The van der Waals surface area contributed by atoms with Crippen LogP contribution in [0.5, 0.6) is 5.75 Å². The van der Waals surface area contributed by atoms with Gasteiger partial charge < -0.3 is 14.2 Å². The minimum atomic E-state index is -0.217. The lowest BCUT2D eigenvalue weighted by atomic mass is 9.87. The largest absolute Gasteiger partial charge is 0.466 e. The number of hydrogen-bond acceptors (Lipinski definition) is 5. The highest BCUT2D eigenvalue weighted by atomic mass is 35.5. The Kier molecular flexibility index (Phi) is 9.64. The molecule has 0 atom stereocenters. The molecule has 0 aliphatic heterocycles. The number of unbranched alkanes of at least 4 members (excludes halogenated alkanes) is 3. The fourth-order valence-electron chi connectivity index (χ4n) is 3.19. The average Bonchev–Trinajstić information content (AvgIpc) is 2.66. The van der Waals surface area contributed by atoms with Gasteiger partial charge in [-0.3, -0.25) is 9.59 Å². The summed E-state index contributed by atoms with van der Waals surface area (Å²) in [6.45, 7) is 2.68. The van der Waals surface area contributed by atoms with E-state index in [9.17, 15) is 9.59 Å². The first-order chi connectivity index (χ1) is 13.0. The topological polar surface area (TPSA) is 61.8 Å². The van der Waals surface area contributed by atoms with Crippen molar-refractivity contribution >= 4 is 23.5 Å². The van der Waals surface area contributed by atoms with Gasteiger partial charge in [0.15, 0.2) is 0 Å². The number of carbonyl (C=O) groups is 2. The lowest BCUT2D eigenvalue weighted by Gasteiger charge is -2.27. The van der Waals surface area contributed by atoms with Crippen molar-refractivity contribution in [1.29, 1.82) is 0 Å². The van der Waals surface area contributed by atoms with E-state index in [1.807, 2.05) is 0 Å². The van der Waals surface area contributed by atoms with Crippen LogP contribution in [-0.4, -0.2) is 31.3 Å². The van der Waals surface area contributed by atoms with Crippen LogP contribution in [0.15, 0.2) is 24.3 Å². The number of hydrogen-bond donors (Lipinski definition) is 0. The standard InChI is InChI=1S/C21H29ClO5/c1-16(23)25-14-4-2-3-5-15-26-19-10-6-17(7-11-19)21(24)27-20-12-8-18(22)9-13-20/h8-9,12-13,17,19H,2-7,10-11,14-15H2,1H3. The fraction of sp³-hybridized carbons (Fsp3) is 0.619. The van der Waals surface area contributed by atoms with E-state index in [1.165, 1.54) is 6.92 Å². The Morgan fingerprint density at radius 2 is 1.59 bits per heavy atom. The van der Waals surface area contributed by atoms with Crippen LogP contribution < -0.4 is 4.74 Å². The van der Waals surface area contributed by atoms with E-state index in [2.05, 4.69) is 0 Å². The third-order valence-electron chi connectivity index (χ3n) is 4.74. The zero-order valence-electron chi connectivity index (χ0n) is 16.0. The number of benzene rings is 1. The van der Waals surface area contributed by atoms with Crippen LogP contribution in [-0.2, 0) is 19.1 Å². The van der Waals surface area contributed by atoms with Gasteiger partial charge in [0.25, 0.3) is 0 Å². The molecule has 1 aliphatic rings. The molecule has 0 heterocycles. The lowest BCUT2D eigenvalue weighted by Crippen LogP contribution is -2.29. The molecule has 2 rings (SSSR count). The van der Waals surface area contributed by atoms with Crippen LogP contribution in [0.4, 0.5) is 0 Å². The summed E-state index contributed by atoms with van der Waals surface area (Å²) >= 11 is 5.84. The van der Waals surface area contributed by atoms with Crippen LogP contribution in [0.2, 0.25) is 5.02 Å². The average molecular weight is 397 g/mol. The molecule has 1 aromatic carbocycles. The molecule has 0 bridgehead atoms. The molecule has 0 radical (unpaired) electrons. The normalized spacial score (nSPS) is 19.5. The number of ether oxygens (including phenoxy) is 3. The summed E-state index contributed by atoms with van der Waals surface area (Å²) in [7, 11) is 0. The van der Waals surface area contributed by atoms with Gasteiger partial charge in [-0.25, -0.2) is 0 Å². The van der Waals surface area contributed by atoms with Crippen LogP contribution in [0, 0.1) is 5.92 Å². The van der Waals surface area contributed by atoms with E-state index in [0.29, 0.717) is 17.4 Å². The summed E-state index contributed by atoms with van der Waals surface area (Å²) in [5.74, 6) is 0.104. The van der Waals surface area contributed by atoms with Crippen molar-refractivity contribution in [2.24, 2.45) is 5.92 Å². The van der Waals surface area contributed by atoms with Crippen LogP contribution in [0.1, 0.15) is 58.3 Å². The quantitative estimate of drug-likeness (QED) is 0.318. The molecular weight excluding hydrogens is 368 g/mol. The van der Waals surface area contributed by atoms with Crippen molar-refractivity contribution in [1.82, 2.24) is 0 Å². The second kappa shape index (κ2) is 12.0. The van der Waals surface area contributed by atoms with E-state index in [-0.39, 0.29) is 24.0 Å². The van der Waals surface area contributed by atoms with Crippen molar-refractivity contribution in [2.45, 2.75) is 64.4 Å². The summed E-state index contributed by atoms with van der Waals surface area (Å²) in [5, 5.41) is 0.622. The van der Waals surface area contributed by atoms with Gasteiger partial charge in [0.2, 0.25) is 0 Å². The number of carbonyl (C=O) groups excluding carboxylic acids is 2. The molecule has 0 amide bonds. The Labute approximate surface area is 166 Å². The predicted molar refractivity (Wildman–Crippen MR) is 104 cm³/mol. The van der Waals surface area contributed by atoms with Crippen LogP contribution in [0.3, 0.4) is 0 Å². The van der Waals surface area contributed by atoms with Gasteiger partial charge >= 0.3 is 11.9 Å². The van der Waals surface area contributed by atoms with E-state index >= 15 is 0 Å². The molecule has 150 valence electrons. The maximum Gasteiger partial charge on any atom is 0.314 e.